The molecule has 22 heavy (non-hydrogen) atoms. The summed E-state index contributed by atoms with van der Waals surface area (Å²) in [6, 6.07) is 4.02. The van der Waals surface area contributed by atoms with E-state index in [1.54, 1.807) is 0 Å². The van der Waals surface area contributed by atoms with Gasteiger partial charge in [0.2, 0.25) is 0 Å². The van der Waals surface area contributed by atoms with Crippen LogP contribution in [-0.4, -0.2) is 20.3 Å². The summed E-state index contributed by atoms with van der Waals surface area (Å²) in [5.74, 6) is 0.497. The van der Waals surface area contributed by atoms with Crippen molar-refractivity contribution in [2.24, 2.45) is 5.92 Å². The standard InChI is InChI=1S/C17H25BCl2O2/c1-3-5-6-8-13-11-21-18(22-12-13)15-10-9-14(7-4-2)16(19)17(15)20/h9-10,13H,3-8,11-12H2,1-2H3. The van der Waals surface area contributed by atoms with Crippen LogP contribution in [0.15, 0.2) is 12.1 Å². The van der Waals surface area contributed by atoms with E-state index in [1.165, 1.54) is 25.7 Å². The van der Waals surface area contributed by atoms with E-state index < -0.39 is 0 Å². The summed E-state index contributed by atoms with van der Waals surface area (Å²) in [5.41, 5.74) is 1.93. The van der Waals surface area contributed by atoms with Gasteiger partial charge >= 0.3 is 7.12 Å². The number of benzene rings is 1. The minimum absolute atomic E-state index is 0.386. The summed E-state index contributed by atoms with van der Waals surface area (Å²) in [7, 11) is -0.386. The Morgan fingerprint density at radius 3 is 2.41 bits per heavy atom. The molecule has 1 aliphatic rings. The van der Waals surface area contributed by atoms with Gasteiger partial charge in [-0.25, -0.2) is 0 Å². The van der Waals surface area contributed by atoms with Gasteiger partial charge in [-0.3, -0.25) is 0 Å². The van der Waals surface area contributed by atoms with Gasteiger partial charge in [0.15, 0.2) is 0 Å². The summed E-state index contributed by atoms with van der Waals surface area (Å²) in [4.78, 5) is 0. The van der Waals surface area contributed by atoms with E-state index in [4.69, 9.17) is 32.5 Å². The monoisotopic (exact) mass is 342 g/mol. The number of rotatable bonds is 7. The fourth-order valence-electron chi connectivity index (χ4n) is 2.82. The van der Waals surface area contributed by atoms with E-state index in [-0.39, 0.29) is 7.12 Å². The predicted octanol–water partition coefficient (Wildman–Crippen LogP) is 4.88. The molecule has 0 amide bonds. The van der Waals surface area contributed by atoms with E-state index in [9.17, 15) is 0 Å². The summed E-state index contributed by atoms with van der Waals surface area (Å²) in [6.45, 7) is 5.82. The van der Waals surface area contributed by atoms with Crippen LogP contribution in [0.2, 0.25) is 10.0 Å². The Hall–Kier alpha value is -0.215. The number of halogens is 2. The molecule has 1 fully saturated rings. The molecule has 2 rings (SSSR count). The molecule has 2 nitrogen and oxygen atoms in total. The van der Waals surface area contributed by atoms with Crippen molar-refractivity contribution in [3.8, 4) is 0 Å². The SMILES string of the molecule is CCCCCC1COB(c2ccc(CCC)c(Cl)c2Cl)OC1. The Morgan fingerprint density at radius 1 is 1.05 bits per heavy atom. The van der Waals surface area contributed by atoms with E-state index in [0.29, 0.717) is 16.0 Å². The van der Waals surface area contributed by atoms with Crippen LogP contribution >= 0.6 is 23.2 Å². The van der Waals surface area contributed by atoms with E-state index >= 15 is 0 Å². The van der Waals surface area contributed by atoms with Crippen molar-refractivity contribution in [1.29, 1.82) is 0 Å². The highest BCUT2D eigenvalue weighted by molar-refractivity contribution is 6.66. The van der Waals surface area contributed by atoms with Crippen LogP contribution in [0.1, 0.15) is 51.5 Å². The zero-order valence-corrected chi connectivity index (χ0v) is 15.1. The zero-order valence-electron chi connectivity index (χ0n) is 13.5. The topological polar surface area (TPSA) is 18.5 Å². The Morgan fingerprint density at radius 2 is 1.77 bits per heavy atom. The van der Waals surface area contributed by atoms with Crippen LogP contribution in [0, 0.1) is 5.92 Å². The van der Waals surface area contributed by atoms with Crippen LogP contribution in [0.5, 0.6) is 0 Å². The highest BCUT2D eigenvalue weighted by Gasteiger charge is 2.31. The molecule has 0 unspecified atom stereocenters. The maximum atomic E-state index is 6.41. The summed E-state index contributed by atoms with van der Waals surface area (Å²) >= 11 is 12.8. The Bertz CT molecular complexity index is 474. The van der Waals surface area contributed by atoms with Gasteiger partial charge in [0.25, 0.3) is 0 Å². The average Bonchev–Trinajstić information content (AvgIpc) is 2.53. The molecule has 0 bridgehead atoms. The first-order chi connectivity index (χ1) is 10.7. The molecule has 0 radical (unpaired) electrons. The lowest BCUT2D eigenvalue weighted by atomic mass is 9.76. The number of aryl methyl sites for hydroxylation is 1. The summed E-state index contributed by atoms with van der Waals surface area (Å²) < 4.78 is 11.8. The van der Waals surface area contributed by atoms with E-state index in [0.717, 1.165) is 37.1 Å². The molecular weight excluding hydrogens is 318 g/mol. The number of unbranched alkanes of at least 4 members (excludes halogenated alkanes) is 2. The molecule has 0 spiro atoms. The second-order valence-electron chi connectivity index (χ2n) is 6.05. The van der Waals surface area contributed by atoms with Crippen molar-refractivity contribution in [3.63, 3.8) is 0 Å². The molecule has 0 N–H and O–H groups in total. The molecule has 0 aliphatic carbocycles. The van der Waals surface area contributed by atoms with Crippen molar-refractivity contribution < 1.29 is 9.31 Å². The van der Waals surface area contributed by atoms with Crippen molar-refractivity contribution in [2.45, 2.75) is 52.4 Å². The second kappa shape index (κ2) is 9.17. The van der Waals surface area contributed by atoms with Crippen LogP contribution in [-0.2, 0) is 15.7 Å². The highest BCUT2D eigenvalue weighted by atomic mass is 35.5. The van der Waals surface area contributed by atoms with Crippen molar-refractivity contribution in [2.75, 3.05) is 13.2 Å². The molecule has 1 aliphatic heterocycles. The molecule has 122 valence electrons. The Kier molecular flexibility index (Phi) is 7.56. The van der Waals surface area contributed by atoms with Crippen molar-refractivity contribution in [1.82, 2.24) is 0 Å². The normalized spacial score (nSPS) is 16.3. The molecule has 1 heterocycles. The van der Waals surface area contributed by atoms with Gasteiger partial charge in [-0.15, -0.1) is 0 Å². The van der Waals surface area contributed by atoms with Crippen LogP contribution in [0.3, 0.4) is 0 Å². The molecule has 0 aromatic heterocycles. The van der Waals surface area contributed by atoms with Gasteiger partial charge < -0.3 is 9.31 Å². The van der Waals surface area contributed by atoms with Crippen LogP contribution < -0.4 is 5.46 Å². The first-order valence-electron chi connectivity index (χ1n) is 8.37. The van der Waals surface area contributed by atoms with Crippen molar-refractivity contribution in [3.05, 3.63) is 27.7 Å². The molecule has 1 saturated heterocycles. The third-order valence-corrected chi connectivity index (χ3v) is 5.08. The van der Waals surface area contributed by atoms with Crippen LogP contribution in [0.25, 0.3) is 0 Å². The number of hydrogen-bond donors (Lipinski definition) is 0. The molecule has 1 aromatic carbocycles. The zero-order chi connectivity index (χ0) is 15.9. The maximum absolute atomic E-state index is 6.41. The lowest BCUT2D eigenvalue weighted by Crippen LogP contribution is -2.44. The minimum atomic E-state index is -0.386. The lowest BCUT2D eigenvalue weighted by Gasteiger charge is -2.28. The lowest BCUT2D eigenvalue weighted by molar-refractivity contribution is 0.0811. The molecule has 0 saturated carbocycles. The highest BCUT2D eigenvalue weighted by Crippen LogP contribution is 2.27. The molecule has 1 aromatic rings. The van der Waals surface area contributed by atoms with Gasteiger partial charge in [0, 0.05) is 24.6 Å². The largest absolute Gasteiger partial charge is 0.495 e. The third-order valence-electron chi connectivity index (χ3n) is 4.15. The maximum Gasteiger partial charge on any atom is 0.495 e. The molecular formula is C17H25BCl2O2. The van der Waals surface area contributed by atoms with Gasteiger partial charge in [0.05, 0.1) is 10.0 Å². The smallest absolute Gasteiger partial charge is 0.407 e. The first kappa shape index (κ1) is 18.1. The Labute approximate surface area is 144 Å². The fourth-order valence-corrected chi connectivity index (χ4v) is 3.36. The summed E-state index contributed by atoms with van der Waals surface area (Å²) in [6.07, 6.45) is 6.92. The number of hydrogen-bond acceptors (Lipinski definition) is 2. The third kappa shape index (κ3) is 4.64. The predicted molar refractivity (Wildman–Crippen MR) is 95.4 cm³/mol. The van der Waals surface area contributed by atoms with Gasteiger partial charge in [-0.1, -0.05) is 74.9 Å². The first-order valence-corrected chi connectivity index (χ1v) is 9.12. The van der Waals surface area contributed by atoms with E-state index in [1.807, 2.05) is 12.1 Å². The summed E-state index contributed by atoms with van der Waals surface area (Å²) in [5, 5.41) is 1.21. The van der Waals surface area contributed by atoms with E-state index in [2.05, 4.69) is 13.8 Å². The molecule has 5 heteroatoms. The average molecular weight is 343 g/mol. The minimum Gasteiger partial charge on any atom is -0.407 e. The van der Waals surface area contributed by atoms with Crippen LogP contribution in [0.4, 0.5) is 0 Å². The second-order valence-corrected chi connectivity index (χ2v) is 6.81. The molecule has 0 atom stereocenters. The Balaban J connectivity index is 1.95. The van der Waals surface area contributed by atoms with Gasteiger partial charge in [0.1, 0.15) is 0 Å². The fraction of sp³-hybridized carbons (Fsp3) is 0.647. The quantitative estimate of drug-likeness (QED) is 0.519. The van der Waals surface area contributed by atoms with Gasteiger partial charge in [-0.2, -0.15) is 0 Å². The van der Waals surface area contributed by atoms with Gasteiger partial charge in [-0.05, 0) is 18.4 Å². The van der Waals surface area contributed by atoms with Crippen molar-refractivity contribution >= 4 is 35.8 Å².